The van der Waals surface area contributed by atoms with Crippen LogP contribution >= 0.6 is 0 Å². The second-order valence-electron chi connectivity index (χ2n) is 11.3. The Labute approximate surface area is 242 Å². The van der Waals surface area contributed by atoms with Crippen molar-refractivity contribution in [2.45, 2.75) is 31.9 Å². The lowest BCUT2D eigenvalue weighted by atomic mass is 9.84. The Bertz CT molecular complexity index is 1980. The van der Waals surface area contributed by atoms with Crippen molar-refractivity contribution >= 4 is 22.6 Å². The number of piperidine rings is 1. The second-order valence-corrected chi connectivity index (χ2v) is 11.3. The van der Waals surface area contributed by atoms with Crippen molar-refractivity contribution in [2.24, 2.45) is 0 Å². The van der Waals surface area contributed by atoms with Crippen LogP contribution in [0, 0.1) is 6.92 Å². The van der Waals surface area contributed by atoms with Gasteiger partial charge in [0.15, 0.2) is 11.3 Å². The van der Waals surface area contributed by atoms with Gasteiger partial charge in [0.2, 0.25) is 0 Å². The van der Waals surface area contributed by atoms with E-state index in [0.29, 0.717) is 5.56 Å². The fourth-order valence-corrected chi connectivity index (χ4v) is 6.40. The summed E-state index contributed by atoms with van der Waals surface area (Å²) in [7, 11) is 0. The topological polar surface area (TPSA) is 85.5 Å². The fourth-order valence-electron chi connectivity index (χ4n) is 6.40. The fraction of sp³-hybridized carbons (Fsp3) is 0.206. The molecule has 0 atom stereocenters. The van der Waals surface area contributed by atoms with Gasteiger partial charge < -0.3 is 4.74 Å². The van der Waals surface area contributed by atoms with E-state index in [4.69, 9.17) is 9.72 Å². The molecule has 2 aromatic carbocycles. The summed E-state index contributed by atoms with van der Waals surface area (Å²) in [6.07, 6.45) is 6.88. The standard InChI is InChI=1S/C34H28N6O2/c1-22-17-30-36-19-26-18-28(24-5-3-2-4-6-24)31(37-32(26)40(30)38-22)25-9-7-23(8-10-25)21-39-15-12-34(13-16-39)29-20-35-14-11-27(29)33(41)42-34/h2-11,14,17-20H,12-13,15-16,21H2,1H3. The van der Waals surface area contributed by atoms with Crippen LogP contribution in [-0.4, -0.2) is 48.5 Å². The van der Waals surface area contributed by atoms with Crippen molar-refractivity contribution in [3.63, 3.8) is 0 Å². The van der Waals surface area contributed by atoms with Gasteiger partial charge >= 0.3 is 5.97 Å². The smallest absolute Gasteiger partial charge is 0.339 e. The summed E-state index contributed by atoms with van der Waals surface area (Å²) in [6, 6.07) is 25.0. The van der Waals surface area contributed by atoms with Gasteiger partial charge in [-0.25, -0.2) is 14.8 Å². The summed E-state index contributed by atoms with van der Waals surface area (Å²) in [4.78, 5) is 28.9. The zero-order valence-electron chi connectivity index (χ0n) is 23.2. The van der Waals surface area contributed by atoms with E-state index in [-0.39, 0.29) is 5.97 Å². The number of fused-ring (bicyclic) bond motifs is 5. The SMILES string of the molecule is Cc1cc2ncc3cc(-c4ccccc4)c(-c4ccc(CN5CCC6(CC5)OC(=O)c5ccncc56)cc4)nc3n2n1. The number of carbonyl (C=O) groups excluding carboxylic acids is 1. The minimum atomic E-state index is -0.537. The van der Waals surface area contributed by atoms with Crippen LogP contribution in [0.25, 0.3) is 39.1 Å². The minimum absolute atomic E-state index is 0.228. The molecule has 8 rings (SSSR count). The first-order valence-corrected chi connectivity index (χ1v) is 14.3. The van der Waals surface area contributed by atoms with Crippen LogP contribution in [0.15, 0.2) is 91.4 Å². The maximum Gasteiger partial charge on any atom is 0.339 e. The number of rotatable bonds is 4. The summed E-state index contributed by atoms with van der Waals surface area (Å²) in [6.45, 7) is 4.50. The van der Waals surface area contributed by atoms with Crippen LogP contribution in [0.4, 0.5) is 0 Å². The third kappa shape index (κ3) is 4.06. The van der Waals surface area contributed by atoms with E-state index in [2.05, 4.69) is 74.6 Å². The molecule has 0 saturated carbocycles. The Morgan fingerprint density at radius 1 is 0.905 bits per heavy atom. The minimum Gasteiger partial charge on any atom is -0.450 e. The third-order valence-corrected chi connectivity index (χ3v) is 8.58. The van der Waals surface area contributed by atoms with E-state index in [9.17, 15) is 4.79 Å². The largest absolute Gasteiger partial charge is 0.450 e. The van der Waals surface area contributed by atoms with E-state index in [1.54, 1.807) is 18.5 Å². The molecule has 8 nitrogen and oxygen atoms in total. The highest BCUT2D eigenvalue weighted by molar-refractivity contribution is 5.94. The van der Waals surface area contributed by atoms with Gasteiger partial charge in [-0.2, -0.15) is 9.61 Å². The average Bonchev–Trinajstić information content (AvgIpc) is 3.55. The molecule has 206 valence electrons. The summed E-state index contributed by atoms with van der Waals surface area (Å²) in [5, 5.41) is 5.60. The van der Waals surface area contributed by atoms with E-state index in [1.807, 2.05) is 29.8 Å². The van der Waals surface area contributed by atoms with Gasteiger partial charge in [-0.15, -0.1) is 0 Å². The molecule has 2 aliphatic rings. The zero-order chi connectivity index (χ0) is 28.3. The summed E-state index contributed by atoms with van der Waals surface area (Å²) < 4.78 is 7.74. The van der Waals surface area contributed by atoms with Crippen LogP contribution in [0.2, 0.25) is 0 Å². The predicted molar refractivity (Wildman–Crippen MR) is 160 cm³/mol. The predicted octanol–water partition coefficient (Wildman–Crippen LogP) is 5.98. The Balaban J connectivity index is 1.08. The maximum atomic E-state index is 12.4. The zero-order valence-corrected chi connectivity index (χ0v) is 23.2. The molecule has 8 heteroatoms. The molecule has 1 fully saturated rings. The number of hydrogen-bond acceptors (Lipinski definition) is 7. The maximum absolute atomic E-state index is 12.4. The van der Waals surface area contributed by atoms with Crippen LogP contribution < -0.4 is 0 Å². The summed E-state index contributed by atoms with van der Waals surface area (Å²) in [5.41, 5.74) is 8.91. The number of aromatic nitrogens is 5. The van der Waals surface area contributed by atoms with Gasteiger partial charge in [-0.3, -0.25) is 9.88 Å². The summed E-state index contributed by atoms with van der Waals surface area (Å²) >= 11 is 0. The number of esters is 1. The second kappa shape index (κ2) is 9.56. The monoisotopic (exact) mass is 552 g/mol. The van der Waals surface area contributed by atoms with Crippen molar-refractivity contribution in [2.75, 3.05) is 13.1 Å². The molecule has 42 heavy (non-hydrogen) atoms. The summed E-state index contributed by atoms with van der Waals surface area (Å²) in [5.74, 6) is -0.228. The van der Waals surface area contributed by atoms with Crippen LogP contribution in [0.5, 0.6) is 0 Å². The lowest BCUT2D eigenvalue weighted by molar-refractivity contribution is -0.0442. The molecule has 0 unspecified atom stereocenters. The molecular weight excluding hydrogens is 524 g/mol. The first kappa shape index (κ1) is 24.8. The highest BCUT2D eigenvalue weighted by Crippen LogP contribution is 2.44. The molecule has 1 spiro atoms. The molecule has 0 N–H and O–H groups in total. The van der Waals surface area contributed by atoms with Crippen LogP contribution in [0.3, 0.4) is 0 Å². The van der Waals surface area contributed by atoms with Gasteiger partial charge in [-0.05, 0) is 30.2 Å². The lowest BCUT2D eigenvalue weighted by Gasteiger charge is -2.38. The number of aryl methyl sites for hydroxylation is 1. The van der Waals surface area contributed by atoms with Crippen LogP contribution in [0.1, 0.15) is 40.0 Å². The number of carbonyl (C=O) groups is 1. The Kier molecular flexibility index (Phi) is 5.65. The Morgan fingerprint density at radius 2 is 1.71 bits per heavy atom. The lowest BCUT2D eigenvalue weighted by Crippen LogP contribution is -2.42. The molecule has 0 bridgehead atoms. The Hall–Kier alpha value is -4.95. The molecular formula is C34H28N6O2. The first-order chi connectivity index (χ1) is 20.6. The van der Waals surface area contributed by atoms with E-state index in [1.165, 1.54) is 5.56 Å². The molecule has 0 radical (unpaired) electrons. The first-order valence-electron chi connectivity index (χ1n) is 14.3. The number of pyridine rings is 2. The van der Waals surface area contributed by atoms with Crippen molar-refractivity contribution in [3.05, 3.63) is 114 Å². The molecule has 2 aliphatic heterocycles. The number of likely N-dealkylation sites (tertiary alicyclic amines) is 1. The molecule has 0 aliphatic carbocycles. The molecule has 0 amide bonds. The third-order valence-electron chi connectivity index (χ3n) is 8.58. The van der Waals surface area contributed by atoms with Crippen molar-refractivity contribution in [3.8, 4) is 22.4 Å². The van der Waals surface area contributed by atoms with Gasteiger partial charge in [0.05, 0.1) is 17.0 Å². The van der Waals surface area contributed by atoms with Crippen molar-refractivity contribution < 1.29 is 9.53 Å². The Morgan fingerprint density at radius 3 is 2.52 bits per heavy atom. The van der Waals surface area contributed by atoms with Crippen molar-refractivity contribution in [1.82, 2.24) is 29.5 Å². The highest BCUT2D eigenvalue weighted by atomic mass is 16.6. The van der Waals surface area contributed by atoms with Gasteiger partial charge in [-0.1, -0.05) is 54.6 Å². The molecule has 4 aromatic heterocycles. The van der Waals surface area contributed by atoms with E-state index < -0.39 is 5.60 Å². The van der Waals surface area contributed by atoms with Gasteiger partial charge in [0.25, 0.3) is 0 Å². The highest BCUT2D eigenvalue weighted by Gasteiger charge is 2.47. The average molecular weight is 553 g/mol. The quantitative estimate of drug-likeness (QED) is 0.249. The number of ether oxygens (including phenoxy) is 1. The number of benzene rings is 2. The van der Waals surface area contributed by atoms with E-state index in [0.717, 1.165) is 82.8 Å². The van der Waals surface area contributed by atoms with Gasteiger partial charge in [0.1, 0.15) is 5.60 Å². The molecule has 6 heterocycles. The van der Waals surface area contributed by atoms with Gasteiger partial charge in [0, 0.05) is 79.2 Å². The molecule has 6 aromatic rings. The van der Waals surface area contributed by atoms with Crippen LogP contribution in [-0.2, 0) is 16.9 Å². The number of nitrogens with zero attached hydrogens (tertiary/aromatic N) is 6. The van der Waals surface area contributed by atoms with Crippen molar-refractivity contribution in [1.29, 1.82) is 0 Å². The number of hydrogen-bond donors (Lipinski definition) is 0. The van der Waals surface area contributed by atoms with E-state index >= 15 is 0 Å². The normalized spacial score (nSPS) is 16.3. The molecule has 1 saturated heterocycles.